The Bertz CT molecular complexity index is 1360. The van der Waals surface area contributed by atoms with Gasteiger partial charge in [-0.05, 0) is 77.1 Å². The largest absolute Gasteiger partial charge is 0.444 e. The third kappa shape index (κ3) is 9.44. The molecular formula is C35H50FNO11S. The molecule has 2 fully saturated rings. The van der Waals surface area contributed by atoms with Crippen LogP contribution in [-0.2, 0) is 42.9 Å². The molecule has 6 atom stereocenters. The van der Waals surface area contributed by atoms with Crippen molar-refractivity contribution in [3.05, 3.63) is 29.6 Å². The minimum atomic E-state index is -2.04. The van der Waals surface area contributed by atoms with Gasteiger partial charge in [0.15, 0.2) is 5.54 Å². The summed E-state index contributed by atoms with van der Waals surface area (Å²) >= 11 is 1.21. The van der Waals surface area contributed by atoms with Gasteiger partial charge in [-0.3, -0.25) is 14.4 Å². The minimum absolute atomic E-state index is 0.0342. The van der Waals surface area contributed by atoms with Gasteiger partial charge in [0.2, 0.25) is 13.6 Å². The van der Waals surface area contributed by atoms with Crippen LogP contribution in [0.1, 0.15) is 79.7 Å². The van der Waals surface area contributed by atoms with Crippen LogP contribution in [0.2, 0.25) is 0 Å². The van der Waals surface area contributed by atoms with E-state index in [0.717, 1.165) is 0 Å². The van der Waals surface area contributed by atoms with Crippen LogP contribution in [0.5, 0.6) is 0 Å². The summed E-state index contributed by atoms with van der Waals surface area (Å²) in [6, 6.07) is 4.47. The Morgan fingerprint density at radius 3 is 1.98 bits per heavy atom. The van der Waals surface area contributed by atoms with Gasteiger partial charge in [0.25, 0.3) is 0 Å². The predicted molar refractivity (Wildman–Crippen MR) is 176 cm³/mol. The number of aliphatic hydroxyl groups is 1. The van der Waals surface area contributed by atoms with E-state index in [0.29, 0.717) is 36.1 Å². The van der Waals surface area contributed by atoms with Gasteiger partial charge in [-0.25, -0.2) is 14.0 Å². The summed E-state index contributed by atoms with van der Waals surface area (Å²) in [7, 11) is 0. The van der Waals surface area contributed by atoms with Crippen LogP contribution >= 0.6 is 11.8 Å². The highest BCUT2D eigenvalue weighted by molar-refractivity contribution is 7.99. The zero-order chi connectivity index (χ0) is 36.7. The molecule has 0 saturated heterocycles. The lowest BCUT2D eigenvalue weighted by Gasteiger charge is -2.38. The molecule has 3 rings (SSSR count). The first-order valence-electron chi connectivity index (χ1n) is 16.8. The van der Waals surface area contributed by atoms with Gasteiger partial charge in [-0.1, -0.05) is 27.7 Å². The molecule has 2 aliphatic rings. The fraction of sp³-hybridized carbons (Fsp3) is 0.686. The fourth-order valence-electron chi connectivity index (χ4n) is 6.53. The van der Waals surface area contributed by atoms with Crippen molar-refractivity contribution in [2.24, 2.45) is 35.5 Å². The molecule has 14 heteroatoms. The first-order valence-corrected chi connectivity index (χ1v) is 17.8. The number of aliphatic hydroxyl groups excluding tert-OH is 1. The lowest BCUT2D eigenvalue weighted by molar-refractivity contribution is -0.177. The van der Waals surface area contributed by atoms with E-state index in [4.69, 9.17) is 23.7 Å². The number of carbonyl (C=O) groups is 5. The number of alkyl carbamates (subject to hydrolysis) is 1. The smallest absolute Gasteiger partial charge is 0.408 e. The highest BCUT2D eigenvalue weighted by atomic mass is 32.2. The predicted octanol–water partition coefficient (Wildman–Crippen LogP) is 5.30. The number of benzene rings is 1. The molecule has 274 valence electrons. The van der Waals surface area contributed by atoms with Gasteiger partial charge in [0.05, 0.1) is 23.9 Å². The summed E-state index contributed by atoms with van der Waals surface area (Å²) in [5.74, 6) is -8.07. The summed E-state index contributed by atoms with van der Waals surface area (Å²) in [6.45, 7) is 12.4. The summed E-state index contributed by atoms with van der Waals surface area (Å²) in [4.78, 5) is 66.4. The van der Waals surface area contributed by atoms with Crippen molar-refractivity contribution in [3.63, 3.8) is 0 Å². The van der Waals surface area contributed by atoms with E-state index < -0.39 is 96.2 Å². The second-order valence-electron chi connectivity index (χ2n) is 13.5. The van der Waals surface area contributed by atoms with E-state index in [-0.39, 0.29) is 11.7 Å². The van der Waals surface area contributed by atoms with Crippen molar-refractivity contribution in [2.45, 2.75) is 103 Å². The molecule has 2 N–H and O–H groups in total. The second kappa shape index (κ2) is 17.0. The van der Waals surface area contributed by atoms with E-state index in [2.05, 4.69) is 5.32 Å². The van der Waals surface area contributed by atoms with Crippen LogP contribution in [0.4, 0.5) is 9.18 Å². The summed E-state index contributed by atoms with van der Waals surface area (Å²) in [5.41, 5.74) is -2.62. The number of halogens is 1. The van der Waals surface area contributed by atoms with Crippen molar-refractivity contribution in [1.29, 1.82) is 0 Å². The van der Waals surface area contributed by atoms with E-state index >= 15 is 0 Å². The summed E-state index contributed by atoms with van der Waals surface area (Å²) in [5, 5.41) is 14.3. The van der Waals surface area contributed by atoms with E-state index in [1.54, 1.807) is 39.8 Å². The van der Waals surface area contributed by atoms with Crippen molar-refractivity contribution < 1.29 is 57.2 Å². The molecule has 1 amide bonds. The quantitative estimate of drug-likeness (QED) is 0.0986. The van der Waals surface area contributed by atoms with Crippen LogP contribution < -0.4 is 5.32 Å². The van der Waals surface area contributed by atoms with Crippen LogP contribution in [0, 0.1) is 48.2 Å². The molecule has 0 bridgehead atoms. The number of hydrogen-bond donors (Lipinski definition) is 2. The Balaban J connectivity index is 1.94. The molecule has 2 saturated carbocycles. The molecule has 1 aromatic carbocycles. The zero-order valence-electron chi connectivity index (χ0n) is 29.5. The summed E-state index contributed by atoms with van der Waals surface area (Å²) in [6.07, 6.45) is -0.195. The average Bonchev–Trinajstić information content (AvgIpc) is 3.73. The van der Waals surface area contributed by atoms with Gasteiger partial charge < -0.3 is 34.1 Å². The maximum absolute atomic E-state index is 14.2. The molecule has 2 aliphatic carbocycles. The van der Waals surface area contributed by atoms with Gasteiger partial charge in [0, 0.05) is 28.4 Å². The molecule has 1 aromatic rings. The first-order chi connectivity index (χ1) is 23.1. The van der Waals surface area contributed by atoms with Crippen molar-refractivity contribution in [3.8, 4) is 0 Å². The molecule has 49 heavy (non-hydrogen) atoms. The molecule has 0 aromatic heterocycles. The number of carbonyl (C=O) groups excluding carboxylic acids is 5. The Hall–Kier alpha value is -3.39. The Labute approximate surface area is 291 Å². The van der Waals surface area contributed by atoms with E-state index in [1.165, 1.54) is 17.8 Å². The Morgan fingerprint density at radius 1 is 0.918 bits per heavy atom. The molecule has 0 heterocycles. The number of esters is 4. The van der Waals surface area contributed by atoms with Crippen molar-refractivity contribution in [1.82, 2.24) is 5.32 Å². The number of thioether (sulfide) groups is 1. The van der Waals surface area contributed by atoms with Crippen LogP contribution in [0.25, 0.3) is 0 Å². The van der Waals surface area contributed by atoms with E-state index in [9.17, 15) is 33.5 Å². The normalized spacial score (nSPS) is 24.2. The van der Waals surface area contributed by atoms with Crippen LogP contribution in [0.3, 0.4) is 0 Å². The Kier molecular flexibility index (Phi) is 13.9. The average molecular weight is 712 g/mol. The number of aryl methyl sites for hydroxylation is 1. The third-order valence-electron chi connectivity index (χ3n) is 9.30. The number of nitrogens with one attached hydrogen (secondary N) is 1. The maximum atomic E-state index is 14.2. The number of amides is 1. The van der Waals surface area contributed by atoms with Crippen LogP contribution in [0.15, 0.2) is 23.1 Å². The van der Waals surface area contributed by atoms with Gasteiger partial charge >= 0.3 is 30.0 Å². The minimum Gasteiger partial charge on any atom is -0.444 e. The fourth-order valence-corrected chi connectivity index (χ4v) is 7.78. The highest BCUT2D eigenvalue weighted by Crippen LogP contribution is 2.66. The first kappa shape index (κ1) is 40.0. The molecular weight excluding hydrogens is 661 g/mol. The van der Waals surface area contributed by atoms with Gasteiger partial charge in [-0.15, -0.1) is 11.8 Å². The van der Waals surface area contributed by atoms with Crippen LogP contribution in [-0.4, -0.2) is 71.7 Å². The lowest BCUT2D eigenvalue weighted by atomic mass is 9.80. The number of rotatable bonds is 16. The Morgan fingerprint density at radius 2 is 1.47 bits per heavy atom. The molecule has 0 radical (unpaired) electrons. The zero-order valence-corrected chi connectivity index (χ0v) is 30.4. The van der Waals surface area contributed by atoms with Crippen molar-refractivity contribution >= 4 is 41.7 Å². The number of fused-ring (bicyclic) bond motifs is 1. The second-order valence-corrected chi connectivity index (χ2v) is 14.6. The van der Waals surface area contributed by atoms with Gasteiger partial charge in [0.1, 0.15) is 11.4 Å². The maximum Gasteiger partial charge on any atom is 0.408 e. The lowest BCUT2D eigenvalue weighted by Crippen LogP contribution is -2.63. The molecule has 0 unspecified atom stereocenters. The third-order valence-corrected chi connectivity index (χ3v) is 10.4. The molecule has 0 aliphatic heterocycles. The standard InChI is InChI=1S/C35H50FNO11S/c1-9-20(10-2)29(39)44-17-46-31(41)26-25-27(26)35(37-33(43)48-34(6,7)8,32(42)47-18-45-30(40)21(11-3)12-4)23(28(25)38)16-49-22-13-14-24(36)19(5)15-22/h13-15,20-21,23,25-28,38H,9-12,16-18H2,1-8H3,(H,37,43)/t23-,25+,26+,27+,28-,35+/m1/s1. The van der Waals surface area contributed by atoms with Gasteiger partial charge in [-0.2, -0.15) is 0 Å². The molecule has 12 nitrogen and oxygen atoms in total. The SMILES string of the molecule is CCC(CC)C(=O)OCOC(=O)[C@H]1[C@@H]2[C@H](O)[C@@H](CSc3ccc(F)c(C)c3)[C@@](NC(=O)OC(C)(C)C)(C(=O)OCOC(=O)C(CC)CC)[C@H]12. The summed E-state index contributed by atoms with van der Waals surface area (Å²) < 4.78 is 40.6. The topological polar surface area (TPSA) is 164 Å². The van der Waals surface area contributed by atoms with Crippen molar-refractivity contribution in [2.75, 3.05) is 19.3 Å². The monoisotopic (exact) mass is 711 g/mol. The number of hydrogen-bond acceptors (Lipinski definition) is 12. The molecule has 0 spiro atoms. The number of ether oxygens (including phenoxy) is 5. The highest BCUT2D eigenvalue weighted by Gasteiger charge is 2.80. The van der Waals surface area contributed by atoms with E-state index in [1.807, 2.05) is 27.7 Å².